The Morgan fingerprint density at radius 1 is 1.35 bits per heavy atom. The van der Waals surface area contributed by atoms with E-state index in [0.29, 0.717) is 0 Å². The van der Waals surface area contributed by atoms with Crippen LogP contribution < -0.4 is 5.73 Å². The first-order chi connectivity index (χ1) is 8.00. The van der Waals surface area contributed by atoms with Crippen LogP contribution in [0.3, 0.4) is 0 Å². The maximum Gasteiger partial charge on any atom is 0.151 e. The lowest BCUT2D eigenvalue weighted by Gasteiger charge is -2.08. The molecule has 3 nitrogen and oxygen atoms in total. The Balaban J connectivity index is 2.54. The molecule has 2 N–H and O–H groups in total. The van der Waals surface area contributed by atoms with E-state index in [0.717, 1.165) is 17.3 Å². The van der Waals surface area contributed by atoms with Crippen LogP contribution in [-0.2, 0) is 0 Å². The van der Waals surface area contributed by atoms with E-state index in [-0.39, 0.29) is 11.7 Å². The molecule has 0 aliphatic carbocycles. The molecule has 0 fully saturated rings. The Morgan fingerprint density at radius 2 is 2.06 bits per heavy atom. The zero-order chi connectivity index (χ0) is 12.6. The predicted octanol–water partition coefficient (Wildman–Crippen LogP) is 2.48. The lowest BCUT2D eigenvalue weighted by molar-refractivity contribution is 0.572. The molecular formula is C12H13F2N3. The first-order valence-corrected chi connectivity index (χ1v) is 5.26. The molecule has 17 heavy (non-hydrogen) atoms. The highest BCUT2D eigenvalue weighted by atomic mass is 19.1. The predicted molar refractivity (Wildman–Crippen MR) is 60.8 cm³/mol. The molecule has 0 bridgehead atoms. The quantitative estimate of drug-likeness (QED) is 0.872. The highest BCUT2D eigenvalue weighted by molar-refractivity contribution is 5.37. The minimum absolute atomic E-state index is 0.174. The van der Waals surface area contributed by atoms with Gasteiger partial charge in [0, 0.05) is 23.4 Å². The topological polar surface area (TPSA) is 43.8 Å². The largest absolute Gasteiger partial charge is 0.324 e. The van der Waals surface area contributed by atoms with Gasteiger partial charge in [-0.05, 0) is 26.0 Å². The van der Waals surface area contributed by atoms with E-state index in [1.807, 2.05) is 6.92 Å². The normalized spacial score (nSPS) is 12.8. The van der Waals surface area contributed by atoms with E-state index in [1.54, 1.807) is 13.1 Å². The maximum absolute atomic E-state index is 13.6. The zero-order valence-corrected chi connectivity index (χ0v) is 9.61. The van der Waals surface area contributed by atoms with Crippen molar-refractivity contribution in [3.05, 3.63) is 47.3 Å². The molecule has 0 aliphatic rings. The first kappa shape index (κ1) is 11.7. The molecule has 1 aromatic heterocycles. The Bertz CT molecular complexity index is 547. The molecule has 90 valence electrons. The van der Waals surface area contributed by atoms with Crippen molar-refractivity contribution in [2.75, 3.05) is 0 Å². The summed E-state index contributed by atoms with van der Waals surface area (Å²) >= 11 is 0. The smallest absolute Gasteiger partial charge is 0.151 e. The van der Waals surface area contributed by atoms with Crippen LogP contribution >= 0.6 is 0 Å². The Labute approximate surface area is 97.9 Å². The number of hydrogen-bond acceptors (Lipinski definition) is 2. The Morgan fingerprint density at radius 3 is 2.59 bits per heavy atom. The molecule has 1 aromatic carbocycles. The van der Waals surface area contributed by atoms with Gasteiger partial charge in [0.1, 0.15) is 11.5 Å². The van der Waals surface area contributed by atoms with Crippen LogP contribution in [0.5, 0.6) is 0 Å². The Kier molecular flexibility index (Phi) is 2.93. The van der Waals surface area contributed by atoms with Crippen LogP contribution in [0.1, 0.15) is 24.2 Å². The summed E-state index contributed by atoms with van der Waals surface area (Å²) in [6, 6.07) is 3.22. The van der Waals surface area contributed by atoms with Crippen LogP contribution in [0, 0.1) is 18.6 Å². The van der Waals surface area contributed by atoms with Crippen LogP contribution in [0.15, 0.2) is 24.4 Å². The second-order valence-corrected chi connectivity index (χ2v) is 3.98. The third kappa shape index (κ3) is 2.06. The monoisotopic (exact) mass is 237 g/mol. The summed E-state index contributed by atoms with van der Waals surface area (Å²) in [5.74, 6) is -1.25. The summed E-state index contributed by atoms with van der Waals surface area (Å²) in [5.41, 5.74) is 7.58. The van der Waals surface area contributed by atoms with E-state index >= 15 is 0 Å². The SMILES string of the molecule is Cc1c([C@@H](C)N)cnn1-c1ccc(F)cc1F. The molecule has 0 amide bonds. The number of aromatic nitrogens is 2. The minimum Gasteiger partial charge on any atom is -0.324 e. The van der Waals surface area contributed by atoms with Crippen molar-refractivity contribution in [3.63, 3.8) is 0 Å². The number of rotatable bonds is 2. The number of benzene rings is 1. The molecule has 0 unspecified atom stereocenters. The van der Waals surface area contributed by atoms with Gasteiger partial charge in [-0.2, -0.15) is 5.10 Å². The van der Waals surface area contributed by atoms with Crippen molar-refractivity contribution in [2.24, 2.45) is 5.73 Å². The summed E-state index contributed by atoms with van der Waals surface area (Å²) in [6.45, 7) is 3.63. The fourth-order valence-corrected chi connectivity index (χ4v) is 1.77. The molecule has 0 saturated heterocycles. The van der Waals surface area contributed by atoms with Gasteiger partial charge in [0.15, 0.2) is 5.82 Å². The van der Waals surface area contributed by atoms with Gasteiger partial charge in [0.05, 0.1) is 6.20 Å². The molecule has 0 radical (unpaired) electrons. The minimum atomic E-state index is -0.646. The van der Waals surface area contributed by atoms with Crippen LogP contribution in [-0.4, -0.2) is 9.78 Å². The van der Waals surface area contributed by atoms with Crippen LogP contribution in [0.2, 0.25) is 0 Å². The molecular weight excluding hydrogens is 224 g/mol. The summed E-state index contributed by atoms with van der Waals surface area (Å²) < 4.78 is 27.8. The van der Waals surface area contributed by atoms with Gasteiger partial charge in [0.2, 0.25) is 0 Å². The van der Waals surface area contributed by atoms with Gasteiger partial charge >= 0.3 is 0 Å². The number of nitrogens with zero attached hydrogens (tertiary/aromatic N) is 2. The van der Waals surface area contributed by atoms with Gasteiger partial charge in [-0.3, -0.25) is 0 Å². The number of nitrogens with two attached hydrogens (primary N) is 1. The average molecular weight is 237 g/mol. The van der Waals surface area contributed by atoms with E-state index < -0.39 is 11.6 Å². The summed E-state index contributed by atoms with van der Waals surface area (Å²) in [5, 5.41) is 4.07. The van der Waals surface area contributed by atoms with E-state index in [4.69, 9.17) is 5.73 Å². The number of halogens is 2. The Hall–Kier alpha value is -1.75. The second-order valence-electron chi connectivity index (χ2n) is 3.98. The van der Waals surface area contributed by atoms with E-state index in [2.05, 4.69) is 5.10 Å². The van der Waals surface area contributed by atoms with Crippen molar-refractivity contribution in [2.45, 2.75) is 19.9 Å². The molecule has 1 heterocycles. The third-order valence-electron chi connectivity index (χ3n) is 2.68. The third-order valence-corrected chi connectivity index (χ3v) is 2.68. The summed E-state index contributed by atoms with van der Waals surface area (Å²) in [6.07, 6.45) is 1.60. The van der Waals surface area contributed by atoms with Crippen molar-refractivity contribution in [1.29, 1.82) is 0 Å². The highest BCUT2D eigenvalue weighted by Gasteiger charge is 2.14. The molecule has 0 spiro atoms. The fourth-order valence-electron chi connectivity index (χ4n) is 1.77. The number of hydrogen-bond donors (Lipinski definition) is 1. The lowest BCUT2D eigenvalue weighted by atomic mass is 10.1. The van der Waals surface area contributed by atoms with Crippen molar-refractivity contribution in [1.82, 2.24) is 9.78 Å². The highest BCUT2D eigenvalue weighted by Crippen LogP contribution is 2.20. The molecule has 2 rings (SSSR count). The van der Waals surface area contributed by atoms with Gasteiger partial charge in [-0.15, -0.1) is 0 Å². The molecule has 2 aromatic rings. The van der Waals surface area contributed by atoms with Crippen LogP contribution in [0.4, 0.5) is 8.78 Å². The lowest BCUT2D eigenvalue weighted by Crippen LogP contribution is -2.07. The molecule has 5 heteroatoms. The molecule has 0 saturated carbocycles. The van der Waals surface area contributed by atoms with Crippen molar-refractivity contribution < 1.29 is 8.78 Å². The second kappa shape index (κ2) is 4.25. The van der Waals surface area contributed by atoms with Gasteiger partial charge < -0.3 is 5.73 Å². The first-order valence-electron chi connectivity index (χ1n) is 5.26. The summed E-state index contributed by atoms with van der Waals surface area (Å²) in [7, 11) is 0. The van der Waals surface area contributed by atoms with E-state index in [1.165, 1.54) is 16.8 Å². The van der Waals surface area contributed by atoms with Crippen LogP contribution in [0.25, 0.3) is 5.69 Å². The molecule has 1 atom stereocenters. The van der Waals surface area contributed by atoms with Crippen molar-refractivity contribution in [3.8, 4) is 5.69 Å². The van der Waals surface area contributed by atoms with Gasteiger partial charge in [0.25, 0.3) is 0 Å². The van der Waals surface area contributed by atoms with Gasteiger partial charge in [-0.1, -0.05) is 0 Å². The molecule has 0 aliphatic heterocycles. The summed E-state index contributed by atoms with van der Waals surface area (Å²) in [4.78, 5) is 0. The van der Waals surface area contributed by atoms with Crippen molar-refractivity contribution >= 4 is 0 Å². The maximum atomic E-state index is 13.6. The standard InChI is InChI=1S/C12H13F2N3/c1-7(15)10-6-16-17(8(10)2)12-4-3-9(13)5-11(12)14/h3-7H,15H2,1-2H3/t7-/m1/s1. The van der Waals surface area contributed by atoms with Gasteiger partial charge in [-0.25, -0.2) is 13.5 Å². The average Bonchev–Trinajstić information content (AvgIpc) is 2.60. The fraction of sp³-hybridized carbons (Fsp3) is 0.250. The zero-order valence-electron chi connectivity index (χ0n) is 9.61. The van der Waals surface area contributed by atoms with E-state index in [9.17, 15) is 8.78 Å².